The highest BCUT2D eigenvalue weighted by Gasteiger charge is 2.29. The molecule has 0 aliphatic carbocycles. The van der Waals surface area contributed by atoms with E-state index in [4.69, 9.17) is 0 Å². The first-order valence-corrected chi connectivity index (χ1v) is 10.9. The van der Waals surface area contributed by atoms with Gasteiger partial charge in [0.2, 0.25) is 5.91 Å². The first-order valence-electron chi connectivity index (χ1n) is 10.9. The van der Waals surface area contributed by atoms with E-state index in [2.05, 4.69) is 19.2 Å². The third-order valence-electron chi connectivity index (χ3n) is 4.90. The van der Waals surface area contributed by atoms with E-state index in [1.54, 1.807) is 24.3 Å². The molecule has 5 heteroatoms. The maximum Gasteiger partial charge on any atom is 0.280 e. The van der Waals surface area contributed by atoms with Gasteiger partial charge in [0.15, 0.2) is 5.83 Å². The van der Waals surface area contributed by atoms with Gasteiger partial charge in [-0.2, -0.15) is 0 Å². The number of nitrogens with zero attached hydrogens (tertiary/aromatic N) is 1. The fraction of sp³-hybridized carbons (Fsp3) is 0.583. The lowest BCUT2D eigenvalue weighted by atomic mass is 10.0. The summed E-state index contributed by atoms with van der Waals surface area (Å²) in [5, 5.41) is 2.62. The first-order chi connectivity index (χ1) is 13.9. The predicted octanol–water partition coefficient (Wildman–Crippen LogP) is 5.35. The van der Waals surface area contributed by atoms with Gasteiger partial charge in [0, 0.05) is 13.1 Å². The van der Waals surface area contributed by atoms with Gasteiger partial charge >= 0.3 is 0 Å². The number of carbonyl (C=O) groups is 2. The van der Waals surface area contributed by atoms with Crippen molar-refractivity contribution < 1.29 is 14.0 Å². The number of unbranched alkanes of at least 4 members (excludes halogenated alkanes) is 4. The molecule has 1 aromatic rings. The van der Waals surface area contributed by atoms with E-state index in [0.717, 1.165) is 38.5 Å². The molecule has 1 atom stereocenters. The van der Waals surface area contributed by atoms with Crippen molar-refractivity contribution in [2.45, 2.75) is 72.3 Å². The summed E-state index contributed by atoms with van der Waals surface area (Å²) in [7, 11) is 0. The second-order valence-corrected chi connectivity index (χ2v) is 7.84. The minimum absolute atomic E-state index is 0.118. The van der Waals surface area contributed by atoms with Crippen LogP contribution >= 0.6 is 0 Å². The van der Waals surface area contributed by atoms with Crippen LogP contribution in [0.2, 0.25) is 0 Å². The average molecular weight is 405 g/mol. The molecule has 0 unspecified atom stereocenters. The molecule has 0 aliphatic rings. The normalized spacial score (nSPS) is 12.7. The Morgan fingerprint density at radius 2 is 1.55 bits per heavy atom. The van der Waals surface area contributed by atoms with Crippen molar-refractivity contribution in [3.8, 4) is 0 Å². The molecular weight excluding hydrogens is 367 g/mol. The molecule has 0 spiro atoms. The van der Waals surface area contributed by atoms with Crippen LogP contribution in [-0.2, 0) is 9.59 Å². The number of nitrogens with one attached hydrogen (secondary N) is 1. The molecule has 0 fully saturated rings. The smallest absolute Gasteiger partial charge is 0.280 e. The largest absolute Gasteiger partial charge is 0.341 e. The van der Waals surface area contributed by atoms with Crippen LogP contribution < -0.4 is 5.32 Å². The summed E-state index contributed by atoms with van der Waals surface area (Å²) >= 11 is 0. The molecule has 0 aromatic heterocycles. The van der Waals surface area contributed by atoms with Crippen LogP contribution in [-0.4, -0.2) is 35.8 Å². The van der Waals surface area contributed by atoms with E-state index >= 15 is 0 Å². The zero-order chi connectivity index (χ0) is 21.6. The van der Waals surface area contributed by atoms with Crippen LogP contribution in [0.15, 0.2) is 36.2 Å². The molecule has 0 saturated carbocycles. The predicted molar refractivity (Wildman–Crippen MR) is 118 cm³/mol. The quantitative estimate of drug-likeness (QED) is 0.356. The SMILES string of the molecule is CCCCCN(CCCCC)C(=O)[C@H](NC(=O)/C(F)=C/c1ccccc1)C(C)C. The molecule has 4 nitrogen and oxygen atoms in total. The van der Waals surface area contributed by atoms with Crippen LogP contribution in [0.25, 0.3) is 6.08 Å². The Morgan fingerprint density at radius 3 is 2.03 bits per heavy atom. The van der Waals surface area contributed by atoms with Crippen LogP contribution in [0.4, 0.5) is 4.39 Å². The number of hydrogen-bond acceptors (Lipinski definition) is 2. The molecule has 1 rings (SSSR count). The summed E-state index contributed by atoms with van der Waals surface area (Å²) in [6.07, 6.45) is 7.35. The van der Waals surface area contributed by atoms with Gasteiger partial charge in [0.1, 0.15) is 6.04 Å². The molecule has 1 N–H and O–H groups in total. The molecule has 0 heterocycles. The average Bonchev–Trinajstić information content (AvgIpc) is 2.71. The van der Waals surface area contributed by atoms with E-state index in [9.17, 15) is 14.0 Å². The van der Waals surface area contributed by atoms with Gasteiger partial charge in [-0.3, -0.25) is 9.59 Å². The van der Waals surface area contributed by atoms with Crippen molar-refractivity contribution >= 4 is 17.9 Å². The van der Waals surface area contributed by atoms with Gasteiger partial charge in [-0.05, 0) is 30.4 Å². The van der Waals surface area contributed by atoms with E-state index in [1.165, 1.54) is 6.08 Å². The van der Waals surface area contributed by atoms with Crippen molar-refractivity contribution in [2.75, 3.05) is 13.1 Å². The number of rotatable bonds is 13. The Hall–Kier alpha value is -2.17. The summed E-state index contributed by atoms with van der Waals surface area (Å²) in [6.45, 7) is 9.36. The fourth-order valence-electron chi connectivity index (χ4n) is 3.12. The van der Waals surface area contributed by atoms with Gasteiger partial charge in [-0.25, -0.2) is 4.39 Å². The van der Waals surface area contributed by atoms with E-state index < -0.39 is 17.8 Å². The monoisotopic (exact) mass is 404 g/mol. The summed E-state index contributed by atoms with van der Waals surface area (Å²) < 4.78 is 14.4. The van der Waals surface area contributed by atoms with Gasteiger partial charge in [-0.15, -0.1) is 0 Å². The molecular formula is C24H37FN2O2. The first kappa shape index (κ1) is 24.9. The van der Waals surface area contributed by atoms with Crippen LogP contribution in [0.3, 0.4) is 0 Å². The second-order valence-electron chi connectivity index (χ2n) is 7.84. The van der Waals surface area contributed by atoms with Crippen molar-refractivity contribution in [3.05, 3.63) is 41.7 Å². The number of amides is 2. The lowest BCUT2D eigenvalue weighted by Gasteiger charge is -2.30. The maximum atomic E-state index is 14.4. The lowest BCUT2D eigenvalue weighted by molar-refractivity contribution is -0.137. The van der Waals surface area contributed by atoms with E-state index in [1.807, 2.05) is 24.8 Å². The van der Waals surface area contributed by atoms with Gasteiger partial charge in [0.05, 0.1) is 0 Å². The summed E-state index contributed by atoms with van der Waals surface area (Å²) in [6, 6.07) is 8.10. The number of hydrogen-bond donors (Lipinski definition) is 1. The Balaban J connectivity index is 2.86. The minimum Gasteiger partial charge on any atom is -0.341 e. The standard InChI is InChI=1S/C24H37FN2O2/c1-5-7-12-16-27(17-13-8-6-2)24(29)22(19(3)4)26-23(28)21(25)18-20-14-10-9-11-15-20/h9-11,14-15,18-19,22H,5-8,12-13,16-17H2,1-4H3,(H,26,28)/b21-18-/t22-/m1/s1. The molecule has 0 saturated heterocycles. The maximum absolute atomic E-state index is 14.4. The molecule has 162 valence electrons. The van der Waals surface area contributed by atoms with Crippen LogP contribution in [0, 0.1) is 5.92 Å². The third-order valence-corrected chi connectivity index (χ3v) is 4.90. The van der Waals surface area contributed by atoms with E-state index in [-0.39, 0.29) is 11.8 Å². The van der Waals surface area contributed by atoms with Crippen molar-refractivity contribution in [2.24, 2.45) is 5.92 Å². The molecule has 29 heavy (non-hydrogen) atoms. The van der Waals surface area contributed by atoms with E-state index in [0.29, 0.717) is 18.7 Å². The number of halogens is 1. The molecule has 0 bridgehead atoms. The Morgan fingerprint density at radius 1 is 1.00 bits per heavy atom. The van der Waals surface area contributed by atoms with Gasteiger partial charge in [-0.1, -0.05) is 83.7 Å². The molecule has 0 aliphatic heterocycles. The fourth-order valence-corrected chi connectivity index (χ4v) is 3.12. The molecule has 2 amide bonds. The van der Waals surface area contributed by atoms with Crippen molar-refractivity contribution in [3.63, 3.8) is 0 Å². The number of carbonyl (C=O) groups excluding carboxylic acids is 2. The zero-order valence-corrected chi connectivity index (χ0v) is 18.4. The highest BCUT2D eigenvalue weighted by molar-refractivity contribution is 5.98. The summed E-state index contributed by atoms with van der Waals surface area (Å²) in [5.41, 5.74) is 0.605. The Bertz CT molecular complexity index is 634. The summed E-state index contributed by atoms with van der Waals surface area (Å²) in [4.78, 5) is 27.4. The Labute approximate surface area is 175 Å². The minimum atomic E-state index is -0.891. The van der Waals surface area contributed by atoms with Crippen LogP contribution in [0.1, 0.15) is 71.8 Å². The topological polar surface area (TPSA) is 49.4 Å². The Kier molecular flexibility index (Phi) is 11.9. The van der Waals surface area contributed by atoms with Gasteiger partial charge < -0.3 is 10.2 Å². The van der Waals surface area contributed by atoms with Crippen molar-refractivity contribution in [1.82, 2.24) is 10.2 Å². The molecule has 1 aromatic carbocycles. The lowest BCUT2D eigenvalue weighted by Crippen LogP contribution is -2.51. The van der Waals surface area contributed by atoms with Crippen molar-refractivity contribution in [1.29, 1.82) is 0 Å². The van der Waals surface area contributed by atoms with Gasteiger partial charge in [0.25, 0.3) is 5.91 Å². The molecule has 0 radical (unpaired) electrons. The number of benzene rings is 1. The third kappa shape index (κ3) is 9.25. The highest BCUT2D eigenvalue weighted by Crippen LogP contribution is 2.13. The summed E-state index contributed by atoms with van der Waals surface area (Å²) in [5.74, 6) is -1.98. The zero-order valence-electron chi connectivity index (χ0n) is 18.4. The highest BCUT2D eigenvalue weighted by atomic mass is 19.1. The van der Waals surface area contributed by atoms with Crippen LogP contribution in [0.5, 0.6) is 0 Å². The second kappa shape index (κ2) is 13.9.